The van der Waals surface area contributed by atoms with E-state index in [9.17, 15) is 13.2 Å². The highest BCUT2D eigenvalue weighted by molar-refractivity contribution is 7.87. The van der Waals surface area contributed by atoms with Crippen LogP contribution in [0.1, 0.15) is 12.0 Å². The lowest BCUT2D eigenvalue weighted by atomic mass is 10.1. The number of fused-ring (bicyclic) bond motifs is 1. The Balaban J connectivity index is 2.29. The van der Waals surface area contributed by atoms with Crippen LogP contribution in [0.4, 0.5) is 0 Å². The predicted octanol–water partition coefficient (Wildman–Crippen LogP) is 0.618. The average molecular weight is 390 g/mol. The number of hydrogen-bond donors (Lipinski definition) is 2. The first-order valence-corrected chi connectivity index (χ1v) is 8.91. The van der Waals surface area contributed by atoms with Gasteiger partial charge in [-0.3, -0.25) is 9.08 Å². The number of hydrogen-bond acceptors (Lipinski definition) is 7. The molecule has 0 unspecified atom stereocenters. The van der Waals surface area contributed by atoms with Crippen molar-refractivity contribution in [2.75, 3.05) is 19.5 Å². The van der Waals surface area contributed by atoms with Gasteiger partial charge in [-0.15, -0.1) is 0 Å². The van der Waals surface area contributed by atoms with Gasteiger partial charge in [0.2, 0.25) is 5.96 Å². The molecule has 0 bridgehead atoms. The zero-order chi connectivity index (χ0) is 18.6. The van der Waals surface area contributed by atoms with E-state index < -0.39 is 27.6 Å². The number of oxime groups is 1. The predicted molar refractivity (Wildman–Crippen MR) is 91.8 cm³/mol. The molecular weight excluding hydrogens is 374 g/mol. The molecule has 1 heterocycles. The summed E-state index contributed by atoms with van der Waals surface area (Å²) >= 11 is 6.01. The van der Waals surface area contributed by atoms with Crippen molar-refractivity contribution < 1.29 is 27.0 Å². The van der Waals surface area contributed by atoms with E-state index in [-0.39, 0.29) is 18.6 Å². The molecule has 11 heteroatoms. The van der Waals surface area contributed by atoms with E-state index in [4.69, 9.17) is 32.5 Å². The number of carbonyl (C=O) groups is 1. The van der Waals surface area contributed by atoms with Gasteiger partial charge in [-0.2, -0.15) is 8.42 Å². The fraction of sp³-hybridized carbons (Fsp3) is 0.286. The molecule has 0 radical (unpaired) electrons. The SMILES string of the molecule is COc1cc(Cl)cc2c1OCCC(C(=O)CS(=O)(=O)ON=C(N)N)=C2. The van der Waals surface area contributed by atoms with E-state index in [1.165, 1.54) is 13.2 Å². The number of guanidine groups is 1. The molecule has 2 rings (SSSR count). The summed E-state index contributed by atoms with van der Waals surface area (Å²) in [5.41, 5.74) is 10.7. The zero-order valence-corrected chi connectivity index (χ0v) is 14.8. The second-order valence-corrected chi connectivity index (χ2v) is 7.00. The maximum Gasteiger partial charge on any atom is 0.336 e. The fourth-order valence-electron chi connectivity index (χ4n) is 2.12. The molecule has 0 aliphatic carbocycles. The van der Waals surface area contributed by atoms with Crippen LogP contribution in [0.2, 0.25) is 5.02 Å². The van der Waals surface area contributed by atoms with Crippen molar-refractivity contribution in [1.82, 2.24) is 0 Å². The Labute approximate surface area is 149 Å². The molecule has 0 spiro atoms. The normalized spacial score (nSPS) is 13.6. The summed E-state index contributed by atoms with van der Waals surface area (Å²) in [6.07, 6.45) is 1.71. The lowest BCUT2D eigenvalue weighted by Gasteiger charge is -2.11. The number of methoxy groups -OCH3 is 1. The minimum absolute atomic E-state index is 0.164. The van der Waals surface area contributed by atoms with E-state index in [1.54, 1.807) is 12.1 Å². The van der Waals surface area contributed by atoms with Crippen molar-refractivity contribution in [2.24, 2.45) is 16.6 Å². The lowest BCUT2D eigenvalue weighted by molar-refractivity contribution is -0.113. The van der Waals surface area contributed by atoms with E-state index >= 15 is 0 Å². The highest BCUT2D eigenvalue weighted by atomic mass is 35.5. The maximum absolute atomic E-state index is 12.3. The van der Waals surface area contributed by atoms with Crippen molar-refractivity contribution >= 4 is 39.5 Å². The second kappa shape index (κ2) is 7.62. The summed E-state index contributed by atoms with van der Waals surface area (Å²) in [5, 5.41) is 3.32. The minimum Gasteiger partial charge on any atom is -0.493 e. The number of nitrogens with zero attached hydrogens (tertiary/aromatic N) is 1. The van der Waals surface area contributed by atoms with E-state index in [0.717, 1.165) is 0 Å². The van der Waals surface area contributed by atoms with Crippen LogP contribution in [0.25, 0.3) is 6.08 Å². The van der Waals surface area contributed by atoms with Crippen LogP contribution in [-0.4, -0.2) is 39.6 Å². The Kier molecular flexibility index (Phi) is 5.75. The Morgan fingerprint density at radius 2 is 2.12 bits per heavy atom. The van der Waals surface area contributed by atoms with Gasteiger partial charge in [-0.1, -0.05) is 11.6 Å². The maximum atomic E-state index is 12.3. The van der Waals surface area contributed by atoms with Gasteiger partial charge in [-0.05, 0) is 17.3 Å². The van der Waals surface area contributed by atoms with Crippen LogP contribution in [0, 0.1) is 0 Å². The first-order chi connectivity index (χ1) is 11.7. The van der Waals surface area contributed by atoms with Gasteiger partial charge < -0.3 is 20.9 Å². The Morgan fingerprint density at radius 3 is 2.76 bits per heavy atom. The van der Waals surface area contributed by atoms with Gasteiger partial charge in [0.15, 0.2) is 23.0 Å². The number of benzene rings is 1. The molecule has 0 aromatic heterocycles. The van der Waals surface area contributed by atoms with Crippen LogP contribution < -0.4 is 20.9 Å². The lowest BCUT2D eigenvalue weighted by Crippen LogP contribution is -2.25. The van der Waals surface area contributed by atoms with Gasteiger partial charge in [0.05, 0.1) is 13.7 Å². The minimum atomic E-state index is -4.26. The summed E-state index contributed by atoms with van der Waals surface area (Å²) < 4.78 is 38.4. The smallest absolute Gasteiger partial charge is 0.336 e. The molecule has 0 atom stereocenters. The van der Waals surface area contributed by atoms with Crippen LogP contribution in [0.3, 0.4) is 0 Å². The highest BCUT2D eigenvalue weighted by Gasteiger charge is 2.24. The van der Waals surface area contributed by atoms with Crippen molar-refractivity contribution in [1.29, 1.82) is 0 Å². The molecule has 1 aliphatic heterocycles. The molecular formula is C14H16ClN3O6S. The van der Waals surface area contributed by atoms with Crippen LogP contribution in [-0.2, 0) is 19.2 Å². The summed E-state index contributed by atoms with van der Waals surface area (Å²) in [7, 11) is -2.80. The Bertz CT molecular complexity index is 846. The molecule has 9 nitrogen and oxygen atoms in total. The van der Waals surface area contributed by atoms with E-state index in [1.807, 2.05) is 0 Å². The van der Waals surface area contributed by atoms with Crippen molar-refractivity contribution in [2.45, 2.75) is 6.42 Å². The quantitative estimate of drug-likeness (QED) is 0.409. The summed E-state index contributed by atoms with van der Waals surface area (Å²) in [6, 6.07) is 3.16. The molecule has 0 saturated carbocycles. The fourth-order valence-corrected chi connectivity index (χ4v) is 3.10. The molecule has 0 saturated heterocycles. The molecule has 0 fully saturated rings. The Morgan fingerprint density at radius 1 is 1.40 bits per heavy atom. The molecule has 136 valence electrons. The monoisotopic (exact) mass is 389 g/mol. The molecule has 25 heavy (non-hydrogen) atoms. The number of ketones is 1. The van der Waals surface area contributed by atoms with Crippen molar-refractivity contribution in [3.05, 3.63) is 28.3 Å². The number of ether oxygens (including phenoxy) is 2. The van der Waals surface area contributed by atoms with Gasteiger partial charge in [0, 0.05) is 28.6 Å². The molecule has 1 aliphatic rings. The van der Waals surface area contributed by atoms with Crippen molar-refractivity contribution in [3.8, 4) is 11.5 Å². The summed E-state index contributed by atoms with van der Waals surface area (Å²) in [6.45, 7) is 0.164. The summed E-state index contributed by atoms with van der Waals surface area (Å²) in [4.78, 5) is 12.3. The van der Waals surface area contributed by atoms with E-state index in [0.29, 0.717) is 22.1 Å². The first-order valence-electron chi connectivity index (χ1n) is 6.96. The largest absolute Gasteiger partial charge is 0.493 e. The second-order valence-electron chi connectivity index (χ2n) is 5.01. The van der Waals surface area contributed by atoms with E-state index in [2.05, 4.69) is 9.44 Å². The third-order valence-corrected chi connectivity index (χ3v) is 4.27. The van der Waals surface area contributed by atoms with Crippen LogP contribution in [0.15, 0.2) is 22.9 Å². The average Bonchev–Trinajstić information content (AvgIpc) is 2.74. The molecule has 1 aromatic carbocycles. The third-order valence-electron chi connectivity index (χ3n) is 3.14. The molecule has 0 amide bonds. The Hall–Kier alpha value is -2.46. The van der Waals surface area contributed by atoms with Gasteiger partial charge in [0.1, 0.15) is 0 Å². The first kappa shape index (κ1) is 18.9. The standard InChI is InChI=1S/C14H16ClN3O6S/c1-22-12-6-10(15)5-9-4-8(2-3-23-13(9)12)11(19)7-25(20,21)24-18-14(16)17/h4-6H,2-3,7H2,1H3,(H4,16,17,18). The third kappa shape index (κ3) is 5.00. The van der Waals surface area contributed by atoms with Gasteiger partial charge in [0.25, 0.3) is 0 Å². The number of nitrogens with two attached hydrogens (primary N) is 2. The van der Waals surface area contributed by atoms with Crippen molar-refractivity contribution in [3.63, 3.8) is 0 Å². The topological polar surface area (TPSA) is 143 Å². The number of halogens is 1. The molecule has 1 aromatic rings. The van der Waals surface area contributed by atoms with Gasteiger partial charge in [-0.25, -0.2) is 0 Å². The number of Topliss-reactive ketones (excluding diaryl/α,β-unsaturated/α-hetero) is 1. The number of carbonyl (C=O) groups excluding carboxylic acids is 1. The van der Waals surface area contributed by atoms with Crippen LogP contribution >= 0.6 is 11.6 Å². The van der Waals surface area contributed by atoms with Crippen LogP contribution in [0.5, 0.6) is 11.5 Å². The highest BCUT2D eigenvalue weighted by Crippen LogP contribution is 2.38. The van der Waals surface area contributed by atoms with Gasteiger partial charge >= 0.3 is 10.1 Å². The zero-order valence-electron chi connectivity index (χ0n) is 13.2. The number of rotatable bonds is 6. The molecule has 4 N–H and O–H groups in total. The summed E-state index contributed by atoms with van der Waals surface area (Å²) in [5.74, 6) is -1.32.